The molecule has 0 spiro atoms. The van der Waals surface area contributed by atoms with Crippen molar-refractivity contribution < 1.29 is 9.59 Å². The Morgan fingerprint density at radius 2 is 0.933 bits per heavy atom. The average Bonchev–Trinajstić information content (AvgIpc) is 3.50. The second kappa shape index (κ2) is 10.4. The maximum atomic E-state index is 13.5. The standard InChI is InChI=1S/C24H28N2O2S2/c27-23(25(19-11-3-1-4-12-19)29-21-15-7-8-16-21)24(28)26(20-13-5-2-6-14-20)30-22-17-9-10-18-22/h1-6,11-14,21-22H,7-10,15-18H2. The molecule has 0 unspecified atom stereocenters. The summed E-state index contributed by atoms with van der Waals surface area (Å²) in [7, 11) is 0. The Morgan fingerprint density at radius 1 is 0.600 bits per heavy atom. The lowest BCUT2D eigenvalue weighted by molar-refractivity contribution is -0.134. The van der Waals surface area contributed by atoms with Crippen molar-refractivity contribution in [2.45, 2.75) is 61.9 Å². The van der Waals surface area contributed by atoms with Crippen LogP contribution in [0.3, 0.4) is 0 Å². The fourth-order valence-electron chi connectivity index (χ4n) is 4.04. The molecule has 2 amide bonds. The summed E-state index contributed by atoms with van der Waals surface area (Å²) in [4.78, 5) is 27.0. The number of carbonyl (C=O) groups excluding carboxylic acids is 2. The van der Waals surface area contributed by atoms with Crippen LogP contribution in [-0.4, -0.2) is 22.3 Å². The second-order valence-electron chi connectivity index (χ2n) is 7.89. The SMILES string of the molecule is O=C(C(=O)N(SC1CCCC1)c1ccccc1)N(SC1CCCC1)c1ccccc1. The summed E-state index contributed by atoms with van der Waals surface area (Å²) in [6.07, 6.45) is 9.13. The monoisotopic (exact) mass is 440 g/mol. The van der Waals surface area contributed by atoms with E-state index in [2.05, 4.69) is 0 Å². The van der Waals surface area contributed by atoms with Crippen LogP contribution in [0.1, 0.15) is 51.4 Å². The fraction of sp³-hybridized carbons (Fsp3) is 0.417. The Balaban J connectivity index is 1.59. The third-order valence-electron chi connectivity index (χ3n) is 5.65. The molecule has 4 nitrogen and oxygen atoms in total. The Bertz CT molecular complexity index is 763. The molecule has 2 aliphatic carbocycles. The quantitative estimate of drug-likeness (QED) is 0.394. The van der Waals surface area contributed by atoms with Crippen LogP contribution in [0.4, 0.5) is 11.4 Å². The zero-order valence-electron chi connectivity index (χ0n) is 17.1. The molecule has 0 atom stereocenters. The lowest BCUT2D eigenvalue weighted by Gasteiger charge is -2.28. The van der Waals surface area contributed by atoms with Gasteiger partial charge in [-0.2, -0.15) is 0 Å². The van der Waals surface area contributed by atoms with Crippen molar-refractivity contribution in [2.75, 3.05) is 8.61 Å². The number of anilines is 2. The van der Waals surface area contributed by atoms with Gasteiger partial charge in [0.05, 0.1) is 11.4 Å². The van der Waals surface area contributed by atoms with E-state index < -0.39 is 11.8 Å². The van der Waals surface area contributed by atoms with Gasteiger partial charge in [0.2, 0.25) is 0 Å². The van der Waals surface area contributed by atoms with E-state index in [-0.39, 0.29) is 0 Å². The summed E-state index contributed by atoms with van der Waals surface area (Å²) in [5, 5.41) is 0.768. The zero-order valence-corrected chi connectivity index (χ0v) is 18.7. The molecular weight excluding hydrogens is 412 g/mol. The van der Waals surface area contributed by atoms with Crippen LogP contribution in [0.5, 0.6) is 0 Å². The van der Waals surface area contributed by atoms with E-state index in [1.54, 1.807) is 8.61 Å². The molecule has 0 aromatic heterocycles. The fourth-order valence-corrected chi connectivity index (χ4v) is 6.56. The maximum absolute atomic E-state index is 13.5. The van der Waals surface area contributed by atoms with Crippen LogP contribution in [0.15, 0.2) is 60.7 Å². The molecule has 0 N–H and O–H groups in total. The van der Waals surface area contributed by atoms with Crippen LogP contribution in [0.25, 0.3) is 0 Å². The molecule has 0 saturated heterocycles. The third-order valence-corrected chi connectivity index (χ3v) is 8.36. The summed E-state index contributed by atoms with van der Waals surface area (Å²) in [6.45, 7) is 0. The number of hydrogen-bond donors (Lipinski definition) is 0. The highest BCUT2D eigenvalue weighted by molar-refractivity contribution is 8.02. The van der Waals surface area contributed by atoms with Gasteiger partial charge in [0.1, 0.15) is 0 Å². The number of amides is 2. The first-order valence-electron chi connectivity index (χ1n) is 10.8. The van der Waals surface area contributed by atoms with Crippen LogP contribution < -0.4 is 8.61 Å². The van der Waals surface area contributed by atoms with Gasteiger partial charge in [0.15, 0.2) is 0 Å². The molecular formula is C24H28N2O2S2. The zero-order chi connectivity index (χ0) is 20.8. The Kier molecular flexibility index (Phi) is 7.39. The Morgan fingerprint density at radius 3 is 1.27 bits per heavy atom. The molecule has 4 rings (SSSR count). The van der Waals surface area contributed by atoms with Crippen molar-refractivity contribution in [3.63, 3.8) is 0 Å². The van der Waals surface area contributed by atoms with Gasteiger partial charge < -0.3 is 0 Å². The minimum atomic E-state index is -0.465. The van der Waals surface area contributed by atoms with Crippen molar-refractivity contribution in [3.05, 3.63) is 60.7 Å². The molecule has 2 aromatic carbocycles. The number of nitrogens with zero attached hydrogens (tertiary/aromatic N) is 2. The highest BCUT2D eigenvalue weighted by atomic mass is 32.2. The molecule has 6 heteroatoms. The summed E-state index contributed by atoms with van der Waals surface area (Å²) >= 11 is 3.05. The highest BCUT2D eigenvalue weighted by Crippen LogP contribution is 2.38. The molecule has 0 aliphatic heterocycles. The van der Waals surface area contributed by atoms with E-state index in [1.807, 2.05) is 60.7 Å². The molecule has 0 heterocycles. The van der Waals surface area contributed by atoms with Crippen LogP contribution in [-0.2, 0) is 9.59 Å². The molecule has 30 heavy (non-hydrogen) atoms. The normalized spacial score (nSPS) is 17.2. The van der Waals surface area contributed by atoms with Crippen LogP contribution in [0, 0.1) is 0 Å². The van der Waals surface area contributed by atoms with Gasteiger partial charge in [-0.3, -0.25) is 9.59 Å². The molecule has 158 valence electrons. The molecule has 2 aromatic rings. The first kappa shape index (κ1) is 21.3. The number of rotatable bonds is 6. The number of carbonyl (C=O) groups is 2. The first-order valence-corrected chi connectivity index (χ1v) is 12.5. The first-order chi connectivity index (χ1) is 14.7. The summed E-state index contributed by atoms with van der Waals surface area (Å²) in [5.74, 6) is -0.931. The lowest BCUT2D eigenvalue weighted by Crippen LogP contribution is -2.41. The van der Waals surface area contributed by atoms with Crippen molar-refractivity contribution in [1.29, 1.82) is 0 Å². The van der Waals surface area contributed by atoms with Crippen LogP contribution in [0.2, 0.25) is 0 Å². The van der Waals surface area contributed by atoms with E-state index in [0.29, 0.717) is 10.5 Å². The molecule has 2 fully saturated rings. The molecule has 0 radical (unpaired) electrons. The molecule has 0 bridgehead atoms. The average molecular weight is 441 g/mol. The van der Waals surface area contributed by atoms with Gasteiger partial charge in [-0.25, -0.2) is 8.61 Å². The van der Waals surface area contributed by atoms with E-state index in [1.165, 1.54) is 49.6 Å². The van der Waals surface area contributed by atoms with Gasteiger partial charge >= 0.3 is 11.8 Å². The van der Waals surface area contributed by atoms with Crippen molar-refractivity contribution in [1.82, 2.24) is 0 Å². The van der Waals surface area contributed by atoms with Gasteiger partial charge in [-0.1, -0.05) is 62.1 Å². The topological polar surface area (TPSA) is 40.6 Å². The van der Waals surface area contributed by atoms with Gasteiger partial charge in [-0.05, 0) is 73.8 Å². The highest BCUT2D eigenvalue weighted by Gasteiger charge is 2.34. The van der Waals surface area contributed by atoms with Crippen molar-refractivity contribution in [3.8, 4) is 0 Å². The smallest absolute Gasteiger partial charge is 0.262 e. The Labute approximate surface area is 187 Å². The minimum absolute atomic E-state index is 0.384. The number of hydrogen-bond acceptors (Lipinski definition) is 4. The molecule has 2 aliphatic rings. The van der Waals surface area contributed by atoms with Gasteiger partial charge in [0, 0.05) is 10.5 Å². The van der Waals surface area contributed by atoms with Crippen molar-refractivity contribution >= 4 is 47.1 Å². The molecule has 2 saturated carbocycles. The third kappa shape index (κ3) is 5.22. The predicted molar refractivity (Wildman–Crippen MR) is 128 cm³/mol. The van der Waals surface area contributed by atoms with Gasteiger partial charge in [0.25, 0.3) is 0 Å². The summed E-state index contributed by atoms with van der Waals surface area (Å²) in [6, 6.07) is 19.1. The summed E-state index contributed by atoms with van der Waals surface area (Å²) < 4.78 is 3.26. The minimum Gasteiger partial charge on any atom is -0.262 e. The Hall–Kier alpha value is -1.92. The van der Waals surface area contributed by atoms with Gasteiger partial charge in [-0.15, -0.1) is 0 Å². The van der Waals surface area contributed by atoms with Crippen LogP contribution >= 0.6 is 23.9 Å². The summed E-state index contributed by atoms with van der Waals surface area (Å²) in [5.41, 5.74) is 1.54. The van der Waals surface area contributed by atoms with E-state index >= 15 is 0 Å². The predicted octanol–water partition coefficient (Wildman–Crippen LogP) is 6.23. The van der Waals surface area contributed by atoms with E-state index in [0.717, 1.165) is 37.1 Å². The number of para-hydroxylation sites is 2. The lowest BCUT2D eigenvalue weighted by atomic mass is 10.3. The largest absolute Gasteiger partial charge is 0.327 e. The maximum Gasteiger partial charge on any atom is 0.327 e. The van der Waals surface area contributed by atoms with E-state index in [9.17, 15) is 9.59 Å². The van der Waals surface area contributed by atoms with Crippen molar-refractivity contribution in [2.24, 2.45) is 0 Å². The van der Waals surface area contributed by atoms with E-state index in [4.69, 9.17) is 0 Å². The second-order valence-corrected chi connectivity index (χ2v) is 10.4. The number of benzene rings is 2.